The highest BCUT2D eigenvalue weighted by Crippen LogP contribution is 2.38. The summed E-state index contributed by atoms with van der Waals surface area (Å²) in [6, 6.07) is 6.69. The van der Waals surface area contributed by atoms with Crippen LogP contribution in [0.15, 0.2) is 22.7 Å². The van der Waals surface area contributed by atoms with Crippen LogP contribution >= 0.6 is 15.9 Å². The lowest BCUT2D eigenvalue weighted by molar-refractivity contribution is 0.184. The van der Waals surface area contributed by atoms with Gasteiger partial charge in [0.05, 0.1) is 11.6 Å². The van der Waals surface area contributed by atoms with Crippen molar-refractivity contribution in [3.05, 3.63) is 28.2 Å². The number of hydrogen-bond acceptors (Lipinski definition) is 3. The molecule has 3 rings (SSSR count). The Bertz CT molecular complexity index is 472. The molecule has 2 N–H and O–H groups in total. The second-order valence-electron chi connectivity index (χ2n) is 6.49. The zero-order valence-electron chi connectivity index (χ0n) is 12.7. The van der Waals surface area contributed by atoms with Crippen molar-refractivity contribution in [3.8, 4) is 5.75 Å². The summed E-state index contributed by atoms with van der Waals surface area (Å²) in [6.07, 6.45) is 5.57. The molecule has 1 unspecified atom stereocenters. The molecule has 0 aromatic heterocycles. The van der Waals surface area contributed by atoms with Gasteiger partial charge in [0.2, 0.25) is 0 Å². The standard InChI is InChI=1S/C17H25BrN2O/c1-21-17-7-6-14(8-15(17)18)16(9-19)20(10-12-2-3-12)11-13-4-5-13/h6-8,12-13,16H,2-5,9-11,19H2,1H3. The molecule has 0 amide bonds. The summed E-state index contributed by atoms with van der Waals surface area (Å²) in [5.41, 5.74) is 7.43. The van der Waals surface area contributed by atoms with Crippen LogP contribution in [0, 0.1) is 11.8 Å². The van der Waals surface area contributed by atoms with Crippen LogP contribution in [-0.4, -0.2) is 31.6 Å². The molecule has 2 fully saturated rings. The van der Waals surface area contributed by atoms with Gasteiger partial charge in [0.15, 0.2) is 0 Å². The predicted octanol–water partition coefficient (Wildman–Crippen LogP) is 3.58. The first-order valence-corrected chi connectivity index (χ1v) is 8.78. The van der Waals surface area contributed by atoms with Crippen molar-refractivity contribution < 1.29 is 4.74 Å². The summed E-state index contributed by atoms with van der Waals surface area (Å²) in [6.45, 7) is 3.10. The molecule has 2 aliphatic carbocycles. The summed E-state index contributed by atoms with van der Waals surface area (Å²) in [5.74, 6) is 2.68. The Labute approximate surface area is 136 Å². The van der Waals surface area contributed by atoms with Gasteiger partial charge in [0.1, 0.15) is 5.75 Å². The van der Waals surface area contributed by atoms with E-state index >= 15 is 0 Å². The maximum Gasteiger partial charge on any atom is 0.133 e. The molecule has 4 heteroatoms. The highest BCUT2D eigenvalue weighted by molar-refractivity contribution is 9.10. The SMILES string of the molecule is COc1ccc(C(CN)N(CC2CC2)CC2CC2)cc1Br. The minimum atomic E-state index is 0.327. The van der Waals surface area contributed by atoms with Crippen LogP contribution in [0.3, 0.4) is 0 Å². The Kier molecular flexibility index (Phi) is 4.87. The van der Waals surface area contributed by atoms with E-state index in [1.807, 2.05) is 6.07 Å². The van der Waals surface area contributed by atoms with Crippen molar-refractivity contribution in [2.24, 2.45) is 17.6 Å². The van der Waals surface area contributed by atoms with E-state index in [9.17, 15) is 0 Å². The van der Waals surface area contributed by atoms with Crippen LogP contribution in [0.2, 0.25) is 0 Å². The molecule has 0 spiro atoms. The van der Waals surface area contributed by atoms with E-state index in [4.69, 9.17) is 10.5 Å². The molecule has 1 aromatic rings. The molecule has 0 heterocycles. The molecule has 0 radical (unpaired) electrons. The average molecular weight is 353 g/mol. The number of benzene rings is 1. The van der Waals surface area contributed by atoms with Gasteiger partial charge < -0.3 is 10.5 Å². The number of ether oxygens (including phenoxy) is 1. The van der Waals surface area contributed by atoms with Crippen molar-refractivity contribution in [2.45, 2.75) is 31.7 Å². The number of hydrogen-bond donors (Lipinski definition) is 1. The molecule has 0 aliphatic heterocycles. The van der Waals surface area contributed by atoms with Crippen LogP contribution in [-0.2, 0) is 0 Å². The second-order valence-corrected chi connectivity index (χ2v) is 7.34. The van der Waals surface area contributed by atoms with Crippen LogP contribution in [0.5, 0.6) is 5.75 Å². The van der Waals surface area contributed by atoms with Gasteiger partial charge in [0, 0.05) is 25.7 Å². The summed E-state index contributed by atoms with van der Waals surface area (Å²) >= 11 is 3.60. The van der Waals surface area contributed by atoms with Gasteiger partial charge in [-0.05, 0) is 71.1 Å². The van der Waals surface area contributed by atoms with E-state index in [2.05, 4.69) is 33.0 Å². The number of nitrogens with two attached hydrogens (primary N) is 1. The first-order chi connectivity index (χ1) is 10.2. The van der Waals surface area contributed by atoms with E-state index in [0.29, 0.717) is 12.6 Å². The van der Waals surface area contributed by atoms with Crippen molar-refractivity contribution >= 4 is 15.9 Å². The topological polar surface area (TPSA) is 38.5 Å². The number of nitrogens with zero attached hydrogens (tertiary/aromatic N) is 1. The Morgan fingerprint density at radius 1 is 1.24 bits per heavy atom. The van der Waals surface area contributed by atoms with Gasteiger partial charge in [-0.3, -0.25) is 4.90 Å². The van der Waals surface area contributed by atoms with E-state index < -0.39 is 0 Å². The van der Waals surface area contributed by atoms with E-state index in [-0.39, 0.29) is 0 Å². The number of methoxy groups -OCH3 is 1. The average Bonchev–Trinajstić information content (AvgIpc) is 3.36. The van der Waals surface area contributed by atoms with Gasteiger partial charge in [-0.2, -0.15) is 0 Å². The predicted molar refractivity (Wildman–Crippen MR) is 89.5 cm³/mol. The largest absolute Gasteiger partial charge is 0.496 e. The Morgan fingerprint density at radius 2 is 1.86 bits per heavy atom. The van der Waals surface area contributed by atoms with Crippen molar-refractivity contribution in [3.63, 3.8) is 0 Å². The molecule has 116 valence electrons. The molecule has 2 aliphatic rings. The van der Waals surface area contributed by atoms with E-state index in [1.165, 1.54) is 44.3 Å². The Balaban J connectivity index is 1.77. The van der Waals surface area contributed by atoms with Crippen molar-refractivity contribution in [2.75, 3.05) is 26.7 Å². The minimum Gasteiger partial charge on any atom is -0.496 e. The van der Waals surface area contributed by atoms with E-state index in [1.54, 1.807) is 7.11 Å². The lowest BCUT2D eigenvalue weighted by Crippen LogP contribution is -2.36. The second kappa shape index (κ2) is 6.67. The maximum absolute atomic E-state index is 6.13. The third-order valence-electron chi connectivity index (χ3n) is 4.60. The van der Waals surface area contributed by atoms with Crippen molar-refractivity contribution in [1.29, 1.82) is 0 Å². The Morgan fingerprint density at radius 3 is 2.29 bits per heavy atom. The van der Waals surface area contributed by atoms with Gasteiger partial charge in [-0.15, -0.1) is 0 Å². The highest BCUT2D eigenvalue weighted by Gasteiger charge is 2.32. The van der Waals surface area contributed by atoms with Crippen LogP contribution < -0.4 is 10.5 Å². The monoisotopic (exact) mass is 352 g/mol. The van der Waals surface area contributed by atoms with Gasteiger partial charge in [-0.1, -0.05) is 6.07 Å². The van der Waals surface area contributed by atoms with Gasteiger partial charge in [-0.25, -0.2) is 0 Å². The summed E-state index contributed by atoms with van der Waals surface area (Å²) < 4.78 is 6.34. The number of halogens is 1. The summed E-state index contributed by atoms with van der Waals surface area (Å²) in [7, 11) is 1.70. The molecule has 0 saturated heterocycles. The van der Waals surface area contributed by atoms with Crippen molar-refractivity contribution in [1.82, 2.24) is 4.90 Å². The molecule has 2 saturated carbocycles. The third kappa shape index (κ3) is 3.99. The first-order valence-electron chi connectivity index (χ1n) is 7.98. The molecule has 1 atom stereocenters. The van der Waals surface area contributed by atoms with Crippen LogP contribution in [0.25, 0.3) is 0 Å². The lowest BCUT2D eigenvalue weighted by Gasteiger charge is -2.31. The minimum absolute atomic E-state index is 0.327. The first kappa shape index (κ1) is 15.3. The molecular weight excluding hydrogens is 328 g/mol. The van der Waals surface area contributed by atoms with Crippen LogP contribution in [0.4, 0.5) is 0 Å². The number of rotatable bonds is 8. The smallest absolute Gasteiger partial charge is 0.133 e. The fourth-order valence-corrected chi connectivity index (χ4v) is 3.54. The normalized spacial score (nSPS) is 19.8. The zero-order chi connectivity index (χ0) is 14.8. The maximum atomic E-state index is 6.13. The highest BCUT2D eigenvalue weighted by atomic mass is 79.9. The molecule has 0 bridgehead atoms. The van der Waals surface area contributed by atoms with Gasteiger partial charge >= 0.3 is 0 Å². The van der Waals surface area contributed by atoms with Gasteiger partial charge in [0.25, 0.3) is 0 Å². The zero-order valence-corrected chi connectivity index (χ0v) is 14.3. The molecule has 21 heavy (non-hydrogen) atoms. The van der Waals surface area contributed by atoms with E-state index in [0.717, 1.165) is 22.1 Å². The summed E-state index contributed by atoms with van der Waals surface area (Å²) in [4.78, 5) is 2.63. The molecular formula is C17H25BrN2O. The third-order valence-corrected chi connectivity index (χ3v) is 5.22. The van der Waals surface area contributed by atoms with Crippen LogP contribution in [0.1, 0.15) is 37.3 Å². The lowest BCUT2D eigenvalue weighted by atomic mass is 10.0. The summed E-state index contributed by atoms with van der Waals surface area (Å²) in [5, 5.41) is 0. The fraction of sp³-hybridized carbons (Fsp3) is 0.647. The Hall–Kier alpha value is -0.580. The molecule has 1 aromatic carbocycles. The fourth-order valence-electron chi connectivity index (χ4n) is 2.98. The molecule has 3 nitrogen and oxygen atoms in total. The quantitative estimate of drug-likeness (QED) is 0.776.